The lowest BCUT2D eigenvalue weighted by atomic mass is 10.0. The van der Waals surface area contributed by atoms with Crippen LogP contribution >= 0.6 is 0 Å². The van der Waals surface area contributed by atoms with E-state index in [1.54, 1.807) is 0 Å². The normalized spacial score (nSPS) is 10.7. The summed E-state index contributed by atoms with van der Waals surface area (Å²) in [7, 11) is 0. The van der Waals surface area contributed by atoms with Gasteiger partial charge in [-0.15, -0.1) is 0 Å². The van der Waals surface area contributed by atoms with Crippen molar-refractivity contribution in [2.24, 2.45) is 0 Å². The lowest BCUT2D eigenvalue weighted by Crippen LogP contribution is -2.03. The van der Waals surface area contributed by atoms with Gasteiger partial charge in [0.1, 0.15) is 0 Å². The monoisotopic (exact) mass is 278 g/mol. The van der Waals surface area contributed by atoms with E-state index in [1.807, 2.05) is 0 Å². The van der Waals surface area contributed by atoms with Crippen LogP contribution in [0.25, 0.3) is 0 Å². The van der Waals surface area contributed by atoms with Gasteiger partial charge in [0.05, 0.1) is 0 Å². The SMILES string of the molecule is O=C(O)CCCCCCc1c(F)c(F)cc(F)c1F. The van der Waals surface area contributed by atoms with E-state index in [2.05, 4.69) is 0 Å². The van der Waals surface area contributed by atoms with Crippen LogP contribution < -0.4 is 0 Å². The van der Waals surface area contributed by atoms with Crippen molar-refractivity contribution in [3.63, 3.8) is 0 Å². The molecule has 0 spiro atoms. The summed E-state index contributed by atoms with van der Waals surface area (Å²) >= 11 is 0. The summed E-state index contributed by atoms with van der Waals surface area (Å²) in [4.78, 5) is 10.2. The van der Waals surface area contributed by atoms with Crippen molar-refractivity contribution < 1.29 is 27.5 Å². The number of carboxylic acid groups (broad SMARTS) is 1. The van der Waals surface area contributed by atoms with Gasteiger partial charge < -0.3 is 5.11 Å². The first-order valence-corrected chi connectivity index (χ1v) is 5.97. The minimum Gasteiger partial charge on any atom is -0.481 e. The molecule has 1 aromatic rings. The van der Waals surface area contributed by atoms with Gasteiger partial charge in [-0.2, -0.15) is 0 Å². The summed E-state index contributed by atoms with van der Waals surface area (Å²) in [5.41, 5.74) is -0.587. The van der Waals surface area contributed by atoms with Crippen LogP contribution in [0.15, 0.2) is 6.07 Å². The maximum atomic E-state index is 13.3. The fourth-order valence-corrected chi connectivity index (χ4v) is 1.77. The average Bonchev–Trinajstić information content (AvgIpc) is 2.34. The van der Waals surface area contributed by atoms with E-state index in [-0.39, 0.29) is 18.9 Å². The molecule has 0 aromatic heterocycles. The van der Waals surface area contributed by atoms with Crippen molar-refractivity contribution in [1.82, 2.24) is 0 Å². The second-order valence-electron chi connectivity index (χ2n) is 4.25. The highest BCUT2D eigenvalue weighted by atomic mass is 19.2. The lowest BCUT2D eigenvalue weighted by Gasteiger charge is -2.06. The Bertz CT molecular complexity index is 434. The third-order valence-electron chi connectivity index (χ3n) is 2.77. The first kappa shape index (κ1) is 15.5. The molecule has 0 unspecified atom stereocenters. The highest BCUT2D eigenvalue weighted by Gasteiger charge is 2.18. The summed E-state index contributed by atoms with van der Waals surface area (Å²) in [6.45, 7) is 0. The first-order valence-electron chi connectivity index (χ1n) is 5.97. The molecule has 2 nitrogen and oxygen atoms in total. The smallest absolute Gasteiger partial charge is 0.303 e. The van der Waals surface area contributed by atoms with E-state index in [0.717, 1.165) is 0 Å². The van der Waals surface area contributed by atoms with Crippen molar-refractivity contribution in [3.05, 3.63) is 34.9 Å². The Kier molecular flexibility index (Phi) is 5.79. The molecular weight excluding hydrogens is 264 g/mol. The molecule has 0 amide bonds. The summed E-state index contributed by atoms with van der Waals surface area (Å²) in [6, 6.07) is 0.182. The van der Waals surface area contributed by atoms with Crippen molar-refractivity contribution in [3.8, 4) is 0 Å². The Labute approximate surface area is 108 Å². The Morgan fingerprint density at radius 1 is 0.947 bits per heavy atom. The molecule has 0 fully saturated rings. The number of carboxylic acids is 1. The molecule has 0 saturated carbocycles. The van der Waals surface area contributed by atoms with E-state index in [0.29, 0.717) is 25.7 Å². The van der Waals surface area contributed by atoms with Crippen LogP contribution in [0, 0.1) is 23.3 Å². The number of hydrogen-bond donors (Lipinski definition) is 1. The number of aliphatic carboxylic acids is 1. The van der Waals surface area contributed by atoms with Gasteiger partial charge in [0.2, 0.25) is 0 Å². The van der Waals surface area contributed by atoms with E-state index >= 15 is 0 Å². The minimum absolute atomic E-state index is 0.0390. The van der Waals surface area contributed by atoms with Crippen LogP contribution in [0.1, 0.15) is 37.7 Å². The molecule has 0 aliphatic carbocycles. The van der Waals surface area contributed by atoms with Crippen LogP contribution in [0.2, 0.25) is 0 Å². The Morgan fingerprint density at radius 3 is 2.00 bits per heavy atom. The van der Waals surface area contributed by atoms with Gasteiger partial charge in [-0.05, 0) is 19.3 Å². The molecule has 0 saturated heterocycles. The first-order chi connectivity index (χ1) is 8.93. The number of rotatable bonds is 7. The second-order valence-corrected chi connectivity index (χ2v) is 4.25. The standard InChI is InChI=1S/C13H14F4O2/c14-9-7-10(15)13(17)8(12(9)16)5-3-1-2-4-6-11(18)19/h7H,1-6H2,(H,18,19). The zero-order chi connectivity index (χ0) is 14.4. The molecule has 0 heterocycles. The van der Waals surface area contributed by atoms with Gasteiger partial charge in [-0.1, -0.05) is 12.8 Å². The number of carbonyl (C=O) groups is 1. The van der Waals surface area contributed by atoms with Crippen LogP contribution in [-0.2, 0) is 11.2 Å². The van der Waals surface area contributed by atoms with Crippen molar-refractivity contribution >= 4 is 5.97 Å². The zero-order valence-electron chi connectivity index (χ0n) is 10.2. The van der Waals surface area contributed by atoms with Gasteiger partial charge >= 0.3 is 5.97 Å². The topological polar surface area (TPSA) is 37.3 Å². The van der Waals surface area contributed by atoms with Gasteiger partial charge in [0.15, 0.2) is 23.3 Å². The van der Waals surface area contributed by atoms with E-state index in [4.69, 9.17) is 5.11 Å². The summed E-state index contributed by atoms with van der Waals surface area (Å²) in [5.74, 6) is -6.42. The maximum absolute atomic E-state index is 13.3. The molecule has 1 rings (SSSR count). The van der Waals surface area contributed by atoms with Gasteiger partial charge in [-0.25, -0.2) is 17.6 Å². The lowest BCUT2D eigenvalue weighted by molar-refractivity contribution is -0.137. The molecule has 6 heteroatoms. The Balaban J connectivity index is 2.47. The van der Waals surface area contributed by atoms with Crippen molar-refractivity contribution in [1.29, 1.82) is 0 Å². The van der Waals surface area contributed by atoms with Gasteiger partial charge in [0, 0.05) is 18.1 Å². The molecule has 0 aliphatic heterocycles. The molecule has 1 aromatic carbocycles. The summed E-state index contributed by atoms with van der Waals surface area (Å²) in [5, 5.41) is 8.40. The quantitative estimate of drug-likeness (QED) is 0.467. The molecule has 1 N–H and O–H groups in total. The fourth-order valence-electron chi connectivity index (χ4n) is 1.77. The van der Waals surface area contributed by atoms with Gasteiger partial charge in [-0.3, -0.25) is 4.79 Å². The average molecular weight is 278 g/mol. The highest BCUT2D eigenvalue weighted by Crippen LogP contribution is 2.21. The van der Waals surface area contributed by atoms with Crippen LogP contribution in [0.4, 0.5) is 17.6 Å². The Hall–Kier alpha value is -1.59. The summed E-state index contributed by atoms with van der Waals surface area (Å²) in [6.07, 6.45) is 1.88. The summed E-state index contributed by atoms with van der Waals surface area (Å²) < 4.78 is 52.3. The zero-order valence-corrected chi connectivity index (χ0v) is 10.2. The highest BCUT2D eigenvalue weighted by molar-refractivity contribution is 5.66. The van der Waals surface area contributed by atoms with Gasteiger partial charge in [0.25, 0.3) is 0 Å². The molecular formula is C13H14F4O2. The third-order valence-corrected chi connectivity index (χ3v) is 2.77. The molecule has 0 radical (unpaired) electrons. The Morgan fingerprint density at radius 2 is 1.47 bits per heavy atom. The van der Waals surface area contributed by atoms with Crippen LogP contribution in [0.5, 0.6) is 0 Å². The van der Waals surface area contributed by atoms with E-state index in [9.17, 15) is 22.4 Å². The van der Waals surface area contributed by atoms with Crippen molar-refractivity contribution in [2.45, 2.75) is 38.5 Å². The number of unbranched alkanes of at least 4 members (excludes halogenated alkanes) is 3. The maximum Gasteiger partial charge on any atom is 0.303 e. The van der Waals surface area contributed by atoms with E-state index < -0.39 is 34.8 Å². The molecule has 0 aliphatic rings. The van der Waals surface area contributed by atoms with Crippen LogP contribution in [0.3, 0.4) is 0 Å². The van der Waals surface area contributed by atoms with Crippen LogP contribution in [-0.4, -0.2) is 11.1 Å². The number of benzene rings is 1. The molecule has 0 atom stereocenters. The second kappa shape index (κ2) is 7.11. The molecule has 0 bridgehead atoms. The molecule has 19 heavy (non-hydrogen) atoms. The number of halogens is 4. The predicted molar refractivity (Wildman–Crippen MR) is 60.7 cm³/mol. The van der Waals surface area contributed by atoms with Crippen molar-refractivity contribution in [2.75, 3.05) is 0 Å². The molecule has 106 valence electrons. The minimum atomic E-state index is -1.40. The largest absolute Gasteiger partial charge is 0.481 e. The van der Waals surface area contributed by atoms with E-state index in [1.165, 1.54) is 0 Å². The predicted octanol–water partition coefficient (Wildman–Crippen LogP) is 3.82. The fraction of sp³-hybridized carbons (Fsp3) is 0.462. The third kappa shape index (κ3) is 4.54. The number of hydrogen-bond acceptors (Lipinski definition) is 1.